The van der Waals surface area contributed by atoms with Crippen LogP contribution in [0.25, 0.3) is 11.3 Å². The number of benzene rings is 3. The molecule has 1 aromatic heterocycles. The number of anilines is 3. The van der Waals surface area contributed by atoms with Crippen molar-refractivity contribution in [3.8, 4) is 22.8 Å². The van der Waals surface area contributed by atoms with Crippen molar-refractivity contribution < 1.29 is 23.9 Å². The van der Waals surface area contributed by atoms with Crippen molar-refractivity contribution >= 4 is 68.8 Å². The number of imide groups is 1. The summed E-state index contributed by atoms with van der Waals surface area (Å²) in [4.78, 5) is 44.3. The van der Waals surface area contributed by atoms with Gasteiger partial charge in [-0.15, -0.1) is 11.3 Å². The summed E-state index contributed by atoms with van der Waals surface area (Å²) >= 11 is 13.5. The predicted octanol–water partition coefficient (Wildman–Crippen LogP) is 6.17. The van der Waals surface area contributed by atoms with Gasteiger partial charge in [0.2, 0.25) is 0 Å². The molecule has 0 atom stereocenters. The van der Waals surface area contributed by atoms with Crippen LogP contribution in [0.15, 0.2) is 82.8 Å². The molecule has 202 valence electrons. The first-order valence-electron chi connectivity index (χ1n) is 11.7. The Morgan fingerprint density at radius 1 is 0.925 bits per heavy atom. The van der Waals surface area contributed by atoms with Crippen LogP contribution < -0.4 is 25.0 Å². The molecular weight excluding hydrogens is 575 g/mol. The van der Waals surface area contributed by atoms with E-state index >= 15 is 0 Å². The smallest absolute Gasteiger partial charge is 0.283 e. The lowest BCUT2D eigenvalue weighted by atomic mass is 10.2. The lowest BCUT2D eigenvalue weighted by Crippen LogP contribution is -2.32. The maximum Gasteiger partial charge on any atom is 0.283 e. The minimum atomic E-state index is -0.710. The number of halogens is 2. The fourth-order valence-electron chi connectivity index (χ4n) is 3.90. The molecule has 40 heavy (non-hydrogen) atoms. The van der Waals surface area contributed by atoms with Gasteiger partial charge in [-0.3, -0.25) is 19.7 Å². The molecule has 0 fully saturated rings. The number of methoxy groups -OCH3 is 2. The second-order valence-corrected chi connectivity index (χ2v) is 10.0. The zero-order valence-corrected chi connectivity index (χ0v) is 23.4. The molecule has 0 unspecified atom stereocenters. The highest BCUT2D eigenvalue weighted by Gasteiger charge is 2.40. The minimum absolute atomic E-state index is 0.105. The molecule has 3 amide bonds. The van der Waals surface area contributed by atoms with Crippen molar-refractivity contribution in [1.82, 2.24) is 4.98 Å². The standard InChI is InChI=1S/C28H20Cl2N4O5S/c1-38-19-11-12-22(39-2)21(13-19)34-26(36)23(30)24(27(34)37)31-18-9-5-16(6-10-18)25(35)33-28-32-20(14-40-28)15-3-7-17(29)8-4-15/h3-14,31H,1-2H3,(H,32,33,35). The average Bonchev–Trinajstić information content (AvgIpc) is 3.51. The highest BCUT2D eigenvalue weighted by atomic mass is 35.5. The predicted molar refractivity (Wildman–Crippen MR) is 155 cm³/mol. The van der Waals surface area contributed by atoms with Crippen molar-refractivity contribution in [2.45, 2.75) is 0 Å². The van der Waals surface area contributed by atoms with E-state index in [4.69, 9.17) is 32.7 Å². The monoisotopic (exact) mass is 594 g/mol. The summed E-state index contributed by atoms with van der Waals surface area (Å²) in [5, 5.41) is 8.30. The molecule has 0 radical (unpaired) electrons. The number of thiazole rings is 1. The van der Waals surface area contributed by atoms with Gasteiger partial charge >= 0.3 is 0 Å². The first-order chi connectivity index (χ1) is 19.3. The molecule has 0 aliphatic carbocycles. The van der Waals surface area contributed by atoms with E-state index in [0.29, 0.717) is 32.9 Å². The summed E-state index contributed by atoms with van der Waals surface area (Å²) in [6.45, 7) is 0. The van der Waals surface area contributed by atoms with Crippen molar-refractivity contribution in [3.63, 3.8) is 0 Å². The average molecular weight is 595 g/mol. The van der Waals surface area contributed by atoms with Gasteiger partial charge in [-0.25, -0.2) is 9.88 Å². The van der Waals surface area contributed by atoms with E-state index in [-0.39, 0.29) is 22.3 Å². The Morgan fingerprint density at radius 3 is 2.33 bits per heavy atom. The Morgan fingerprint density at radius 2 is 1.65 bits per heavy atom. The Bertz CT molecular complexity index is 1650. The number of hydrogen-bond acceptors (Lipinski definition) is 8. The van der Waals surface area contributed by atoms with E-state index in [9.17, 15) is 14.4 Å². The van der Waals surface area contributed by atoms with E-state index in [1.807, 2.05) is 17.5 Å². The third-order valence-electron chi connectivity index (χ3n) is 5.94. The van der Waals surface area contributed by atoms with Crippen LogP contribution in [-0.2, 0) is 9.59 Å². The Hall–Kier alpha value is -4.38. The summed E-state index contributed by atoms with van der Waals surface area (Å²) in [7, 11) is 2.90. The zero-order valence-electron chi connectivity index (χ0n) is 21.0. The molecule has 1 aliphatic heterocycles. The van der Waals surface area contributed by atoms with Gasteiger partial charge in [-0.1, -0.05) is 35.3 Å². The quantitative estimate of drug-likeness (QED) is 0.235. The van der Waals surface area contributed by atoms with Crippen LogP contribution in [0.3, 0.4) is 0 Å². The second-order valence-electron chi connectivity index (χ2n) is 8.37. The first kappa shape index (κ1) is 27.2. The van der Waals surface area contributed by atoms with Crippen molar-refractivity contribution in [2.24, 2.45) is 0 Å². The number of rotatable bonds is 8. The third kappa shape index (κ3) is 5.37. The van der Waals surface area contributed by atoms with Gasteiger partial charge in [0, 0.05) is 33.3 Å². The molecule has 2 heterocycles. The lowest BCUT2D eigenvalue weighted by Gasteiger charge is -2.19. The zero-order chi connectivity index (χ0) is 28.4. The topological polar surface area (TPSA) is 110 Å². The van der Waals surface area contributed by atoms with Crippen molar-refractivity contribution in [2.75, 3.05) is 29.8 Å². The molecule has 0 bridgehead atoms. The number of carbonyl (C=O) groups is 3. The molecule has 12 heteroatoms. The Balaban J connectivity index is 1.28. The fourth-order valence-corrected chi connectivity index (χ4v) is 4.96. The normalized spacial score (nSPS) is 13.1. The summed E-state index contributed by atoms with van der Waals surface area (Å²) in [5.41, 5.74) is 2.51. The highest BCUT2D eigenvalue weighted by molar-refractivity contribution is 7.14. The van der Waals surface area contributed by atoms with Crippen LogP contribution >= 0.6 is 34.5 Å². The van der Waals surface area contributed by atoms with Gasteiger partial charge in [0.15, 0.2) is 5.13 Å². The number of hydrogen-bond donors (Lipinski definition) is 2. The molecule has 0 saturated heterocycles. The number of ether oxygens (including phenoxy) is 2. The van der Waals surface area contributed by atoms with Gasteiger partial charge in [-0.2, -0.15) is 0 Å². The maximum atomic E-state index is 13.2. The van der Waals surface area contributed by atoms with E-state index in [1.165, 1.54) is 31.6 Å². The van der Waals surface area contributed by atoms with E-state index in [2.05, 4.69) is 15.6 Å². The number of amides is 3. The molecular formula is C28H20Cl2N4O5S. The molecule has 5 rings (SSSR count). The fraction of sp³-hybridized carbons (Fsp3) is 0.0714. The summed E-state index contributed by atoms with van der Waals surface area (Å²) in [6, 6.07) is 18.3. The van der Waals surface area contributed by atoms with Gasteiger partial charge in [-0.05, 0) is 48.5 Å². The van der Waals surface area contributed by atoms with E-state index in [0.717, 1.165) is 16.2 Å². The number of carbonyl (C=O) groups excluding carboxylic acids is 3. The minimum Gasteiger partial charge on any atom is -0.497 e. The summed E-state index contributed by atoms with van der Waals surface area (Å²) in [6.07, 6.45) is 0. The van der Waals surface area contributed by atoms with Crippen molar-refractivity contribution in [3.05, 3.63) is 93.4 Å². The van der Waals surface area contributed by atoms with Gasteiger partial charge in [0.25, 0.3) is 17.7 Å². The van der Waals surface area contributed by atoms with Crippen molar-refractivity contribution in [1.29, 1.82) is 0 Å². The third-order valence-corrected chi connectivity index (χ3v) is 7.30. The highest BCUT2D eigenvalue weighted by Crippen LogP contribution is 2.38. The molecule has 4 aromatic rings. The molecule has 2 N–H and O–H groups in total. The Kier molecular flexibility index (Phi) is 7.74. The van der Waals surface area contributed by atoms with E-state index in [1.54, 1.807) is 48.5 Å². The van der Waals surface area contributed by atoms with Crippen LogP contribution in [0, 0.1) is 0 Å². The van der Waals surface area contributed by atoms with Crippen LogP contribution in [0.5, 0.6) is 11.5 Å². The number of nitrogens with one attached hydrogen (secondary N) is 2. The maximum absolute atomic E-state index is 13.2. The largest absolute Gasteiger partial charge is 0.497 e. The lowest BCUT2D eigenvalue weighted by molar-refractivity contribution is -0.120. The van der Waals surface area contributed by atoms with Crippen LogP contribution in [0.2, 0.25) is 5.02 Å². The molecule has 3 aromatic carbocycles. The summed E-state index contributed by atoms with van der Waals surface area (Å²) < 4.78 is 10.5. The van der Waals surface area contributed by atoms with Crippen LogP contribution in [0.1, 0.15) is 10.4 Å². The van der Waals surface area contributed by atoms with E-state index < -0.39 is 11.8 Å². The van der Waals surface area contributed by atoms with Crippen LogP contribution in [0.4, 0.5) is 16.5 Å². The van der Waals surface area contributed by atoms with Crippen LogP contribution in [-0.4, -0.2) is 36.9 Å². The SMILES string of the molecule is COc1ccc(OC)c(N2C(=O)C(Cl)=C(Nc3ccc(C(=O)Nc4nc(-c5ccc(Cl)cc5)cs4)cc3)C2=O)c1. The number of aromatic nitrogens is 1. The molecule has 9 nitrogen and oxygen atoms in total. The van der Waals surface area contributed by atoms with Gasteiger partial charge in [0.05, 0.1) is 25.6 Å². The van der Waals surface area contributed by atoms with Gasteiger partial charge in [0.1, 0.15) is 22.2 Å². The molecule has 0 spiro atoms. The van der Waals surface area contributed by atoms with Gasteiger partial charge < -0.3 is 14.8 Å². The second kappa shape index (κ2) is 11.4. The number of nitrogens with zero attached hydrogens (tertiary/aromatic N) is 2. The summed E-state index contributed by atoms with van der Waals surface area (Å²) in [5.74, 6) is -1.00. The Labute approximate surface area is 242 Å². The molecule has 1 aliphatic rings. The molecule has 0 saturated carbocycles. The first-order valence-corrected chi connectivity index (χ1v) is 13.3.